The zero-order valence-corrected chi connectivity index (χ0v) is 10.3. The fourth-order valence-corrected chi connectivity index (χ4v) is 1.22. The van der Waals surface area contributed by atoms with E-state index < -0.39 is 17.9 Å². The topological polar surface area (TPSA) is 100 Å². The molecule has 0 aromatic carbocycles. The molecule has 0 unspecified atom stereocenters. The first-order valence-corrected chi connectivity index (χ1v) is 5.74. The monoisotopic (exact) mass is 252 g/mol. The highest BCUT2D eigenvalue weighted by atomic mass is 16.6. The largest absolute Gasteiger partial charge is 0.464 e. The van der Waals surface area contributed by atoms with E-state index in [1.54, 1.807) is 0 Å². The average molecular weight is 252 g/mol. The van der Waals surface area contributed by atoms with Crippen LogP contribution in [0.15, 0.2) is 0 Å². The molecule has 6 heteroatoms. The minimum atomic E-state index is -0.965. The fourth-order valence-electron chi connectivity index (χ4n) is 1.22. The lowest BCUT2D eigenvalue weighted by molar-refractivity contribution is -0.162. The van der Waals surface area contributed by atoms with Crippen LogP contribution < -0.4 is 0 Å². The molecule has 0 fully saturated rings. The maximum Gasteiger partial charge on any atom is 0.320 e. The molecule has 0 aliphatic heterocycles. The van der Waals surface area contributed by atoms with Gasteiger partial charge in [-0.25, -0.2) is 0 Å². The van der Waals surface area contributed by atoms with Crippen molar-refractivity contribution in [2.24, 2.45) is 5.92 Å². The van der Waals surface area contributed by atoms with Crippen molar-refractivity contribution in [3.05, 3.63) is 0 Å². The van der Waals surface area contributed by atoms with Crippen molar-refractivity contribution in [2.75, 3.05) is 13.2 Å². The highest BCUT2D eigenvalue weighted by molar-refractivity contribution is 5.94. The van der Waals surface area contributed by atoms with Gasteiger partial charge in [0.25, 0.3) is 0 Å². The zero-order valence-electron chi connectivity index (χ0n) is 10.3. The van der Waals surface area contributed by atoms with Crippen LogP contribution in [-0.4, -0.2) is 25.2 Å². The highest BCUT2D eigenvalue weighted by Gasteiger charge is 2.28. The molecule has 0 saturated heterocycles. The second-order valence-electron chi connectivity index (χ2n) is 3.49. The van der Waals surface area contributed by atoms with Gasteiger partial charge in [-0.1, -0.05) is 13.3 Å². The molecule has 6 nitrogen and oxygen atoms in total. The lowest BCUT2D eigenvalue weighted by Gasteiger charge is -2.13. The van der Waals surface area contributed by atoms with Gasteiger partial charge in [-0.3, -0.25) is 9.59 Å². The van der Waals surface area contributed by atoms with Crippen LogP contribution in [0.5, 0.6) is 0 Å². The smallest absolute Gasteiger partial charge is 0.320 e. The van der Waals surface area contributed by atoms with E-state index in [1.165, 1.54) is 0 Å². The SMILES string of the molecule is CCCC(C(=O)OCCC#N)C(=O)OCCC#N. The molecule has 98 valence electrons. The second kappa shape index (κ2) is 10.1. The first kappa shape index (κ1) is 15.9. The number of nitriles is 2. The summed E-state index contributed by atoms with van der Waals surface area (Å²) in [6.45, 7) is 1.78. The molecule has 18 heavy (non-hydrogen) atoms. The molecule has 0 amide bonds. The Hall–Kier alpha value is -2.08. The minimum absolute atomic E-state index is 0.0268. The van der Waals surface area contributed by atoms with Crippen LogP contribution in [0.2, 0.25) is 0 Å². The Labute approximate surface area is 106 Å². The summed E-state index contributed by atoms with van der Waals surface area (Å²) in [7, 11) is 0. The van der Waals surface area contributed by atoms with Gasteiger partial charge in [-0.15, -0.1) is 0 Å². The van der Waals surface area contributed by atoms with Crippen molar-refractivity contribution < 1.29 is 19.1 Å². The minimum Gasteiger partial charge on any atom is -0.464 e. The average Bonchev–Trinajstić information content (AvgIpc) is 2.36. The van der Waals surface area contributed by atoms with Crippen LogP contribution in [0.25, 0.3) is 0 Å². The van der Waals surface area contributed by atoms with E-state index in [0.29, 0.717) is 12.8 Å². The normalized spacial score (nSPS) is 9.33. The van der Waals surface area contributed by atoms with Crippen molar-refractivity contribution in [1.82, 2.24) is 0 Å². The Kier molecular flexibility index (Phi) is 8.93. The van der Waals surface area contributed by atoms with Crippen molar-refractivity contribution in [2.45, 2.75) is 32.6 Å². The van der Waals surface area contributed by atoms with E-state index in [0.717, 1.165) is 0 Å². The van der Waals surface area contributed by atoms with Gasteiger partial charge in [-0.05, 0) is 6.42 Å². The van der Waals surface area contributed by atoms with E-state index >= 15 is 0 Å². The Morgan fingerprint density at radius 1 is 1.06 bits per heavy atom. The van der Waals surface area contributed by atoms with Crippen LogP contribution in [0.4, 0.5) is 0 Å². The van der Waals surface area contributed by atoms with Gasteiger partial charge in [0.2, 0.25) is 0 Å². The van der Waals surface area contributed by atoms with Gasteiger partial charge in [0.05, 0.1) is 25.0 Å². The predicted octanol–water partition coefficient (Wildman–Crippen LogP) is 1.32. The number of carbonyl (C=O) groups excluding carboxylic acids is 2. The number of esters is 2. The van der Waals surface area contributed by atoms with Gasteiger partial charge in [0.1, 0.15) is 13.2 Å². The lowest BCUT2D eigenvalue weighted by Crippen LogP contribution is -2.28. The zero-order chi connectivity index (χ0) is 13.8. The summed E-state index contributed by atoms with van der Waals surface area (Å²) < 4.78 is 9.59. The molecule has 0 aliphatic rings. The molecule has 0 saturated carbocycles. The summed E-state index contributed by atoms with van der Waals surface area (Å²) in [5.74, 6) is -2.31. The highest BCUT2D eigenvalue weighted by Crippen LogP contribution is 2.11. The number of ether oxygens (including phenoxy) is 2. The summed E-state index contributed by atoms with van der Waals surface area (Å²) in [6.07, 6.45) is 1.14. The molecule has 0 radical (unpaired) electrons. The molecule has 0 aromatic heterocycles. The van der Waals surface area contributed by atoms with Crippen molar-refractivity contribution in [3.63, 3.8) is 0 Å². The lowest BCUT2D eigenvalue weighted by atomic mass is 10.0. The summed E-state index contributed by atoms with van der Waals surface area (Å²) in [4.78, 5) is 23.2. The van der Waals surface area contributed by atoms with Gasteiger partial charge in [0, 0.05) is 0 Å². The summed E-state index contributed by atoms with van der Waals surface area (Å²) in [5, 5.41) is 16.6. The Morgan fingerprint density at radius 2 is 1.50 bits per heavy atom. The third kappa shape index (κ3) is 6.49. The van der Waals surface area contributed by atoms with Crippen LogP contribution in [-0.2, 0) is 19.1 Å². The Morgan fingerprint density at radius 3 is 1.83 bits per heavy atom. The van der Waals surface area contributed by atoms with Crippen LogP contribution in [0.1, 0.15) is 32.6 Å². The van der Waals surface area contributed by atoms with Gasteiger partial charge >= 0.3 is 11.9 Å². The molecule has 0 aliphatic carbocycles. The number of nitrogens with zero attached hydrogens (tertiary/aromatic N) is 2. The molecular weight excluding hydrogens is 236 g/mol. The van der Waals surface area contributed by atoms with E-state index in [2.05, 4.69) is 0 Å². The molecule has 0 heterocycles. The first-order chi connectivity index (χ1) is 8.67. The van der Waals surface area contributed by atoms with Gasteiger partial charge in [0.15, 0.2) is 5.92 Å². The van der Waals surface area contributed by atoms with E-state index in [9.17, 15) is 9.59 Å². The first-order valence-electron chi connectivity index (χ1n) is 5.74. The standard InChI is InChI=1S/C12H16N2O4/c1-2-5-10(11(15)17-8-3-6-13)12(16)18-9-4-7-14/h10H,2-5,8-9H2,1H3. The van der Waals surface area contributed by atoms with E-state index in [1.807, 2.05) is 19.1 Å². The summed E-state index contributed by atoms with van der Waals surface area (Å²) in [5.41, 5.74) is 0. The van der Waals surface area contributed by atoms with Crippen LogP contribution >= 0.6 is 0 Å². The molecular formula is C12H16N2O4. The number of rotatable bonds is 8. The Bertz CT molecular complexity index is 322. The molecule has 0 aromatic rings. The third-order valence-electron chi connectivity index (χ3n) is 2.06. The molecule has 0 rings (SSSR count). The molecule has 0 bridgehead atoms. The number of hydrogen-bond acceptors (Lipinski definition) is 6. The maximum absolute atomic E-state index is 11.6. The molecule has 0 atom stereocenters. The maximum atomic E-state index is 11.6. The van der Waals surface area contributed by atoms with E-state index in [4.69, 9.17) is 20.0 Å². The van der Waals surface area contributed by atoms with Crippen molar-refractivity contribution >= 4 is 11.9 Å². The number of hydrogen-bond donors (Lipinski definition) is 0. The Balaban J connectivity index is 4.27. The predicted molar refractivity (Wildman–Crippen MR) is 60.8 cm³/mol. The van der Waals surface area contributed by atoms with Crippen molar-refractivity contribution in [3.8, 4) is 12.1 Å². The molecule has 0 N–H and O–H groups in total. The van der Waals surface area contributed by atoms with Crippen LogP contribution in [0.3, 0.4) is 0 Å². The van der Waals surface area contributed by atoms with Gasteiger partial charge < -0.3 is 9.47 Å². The molecule has 0 spiro atoms. The fraction of sp³-hybridized carbons (Fsp3) is 0.667. The summed E-state index contributed by atoms with van der Waals surface area (Å²) >= 11 is 0. The van der Waals surface area contributed by atoms with Crippen LogP contribution in [0, 0.1) is 28.6 Å². The van der Waals surface area contributed by atoms with Crippen molar-refractivity contribution in [1.29, 1.82) is 10.5 Å². The number of carbonyl (C=O) groups is 2. The summed E-state index contributed by atoms with van der Waals surface area (Å²) in [6, 6.07) is 3.67. The second-order valence-corrected chi connectivity index (χ2v) is 3.49. The van der Waals surface area contributed by atoms with E-state index in [-0.39, 0.29) is 26.1 Å². The third-order valence-corrected chi connectivity index (χ3v) is 2.06. The quantitative estimate of drug-likeness (QED) is 0.367. The van der Waals surface area contributed by atoms with Gasteiger partial charge in [-0.2, -0.15) is 10.5 Å².